The summed E-state index contributed by atoms with van der Waals surface area (Å²) >= 11 is 7.71. The van der Waals surface area contributed by atoms with E-state index in [9.17, 15) is 0 Å². The highest BCUT2D eigenvalue weighted by Gasteiger charge is 2.22. The van der Waals surface area contributed by atoms with Crippen molar-refractivity contribution >= 4 is 33.2 Å². The first-order valence-electron chi connectivity index (χ1n) is 5.98. The molecule has 1 aromatic carbocycles. The Labute approximate surface area is 110 Å². The van der Waals surface area contributed by atoms with E-state index < -0.39 is 0 Å². The van der Waals surface area contributed by atoms with Crippen LogP contribution in [0, 0.1) is 5.92 Å². The average Bonchev–Trinajstić information content (AvgIpc) is 2.94. The van der Waals surface area contributed by atoms with Gasteiger partial charge in [0.25, 0.3) is 0 Å². The molecule has 0 radical (unpaired) electrons. The standard InChI is InChI=1S/C13H15ClN2S/c14-7-10-5-6-16(8-10)9-13-15-11-3-1-2-4-12(11)17-13/h1-4,10H,5-9H2. The van der Waals surface area contributed by atoms with Crippen molar-refractivity contribution in [2.75, 3.05) is 19.0 Å². The van der Waals surface area contributed by atoms with Crippen LogP contribution in [0.15, 0.2) is 24.3 Å². The summed E-state index contributed by atoms with van der Waals surface area (Å²) in [6, 6.07) is 8.35. The minimum Gasteiger partial charge on any atom is -0.296 e. The maximum Gasteiger partial charge on any atom is 0.108 e. The number of thiazole rings is 1. The molecule has 1 saturated heterocycles. The van der Waals surface area contributed by atoms with Gasteiger partial charge >= 0.3 is 0 Å². The number of aromatic nitrogens is 1. The largest absolute Gasteiger partial charge is 0.296 e. The number of likely N-dealkylation sites (tertiary alicyclic amines) is 1. The van der Waals surface area contributed by atoms with Crippen molar-refractivity contribution in [3.63, 3.8) is 0 Å². The first kappa shape index (κ1) is 11.5. The molecule has 1 aliphatic heterocycles. The van der Waals surface area contributed by atoms with Gasteiger partial charge in [0.1, 0.15) is 5.01 Å². The second-order valence-electron chi connectivity index (χ2n) is 4.62. The second kappa shape index (κ2) is 4.92. The van der Waals surface area contributed by atoms with Gasteiger partial charge in [-0.3, -0.25) is 4.90 Å². The summed E-state index contributed by atoms with van der Waals surface area (Å²) in [5, 5.41) is 1.22. The minimum atomic E-state index is 0.672. The van der Waals surface area contributed by atoms with E-state index in [0.717, 1.165) is 31.0 Å². The number of rotatable bonds is 3. The Balaban J connectivity index is 1.73. The molecular weight excluding hydrogens is 252 g/mol. The van der Waals surface area contributed by atoms with Gasteiger partial charge in [-0.15, -0.1) is 22.9 Å². The summed E-state index contributed by atoms with van der Waals surface area (Å²) in [7, 11) is 0. The van der Waals surface area contributed by atoms with Crippen LogP contribution < -0.4 is 0 Å². The molecule has 90 valence electrons. The lowest BCUT2D eigenvalue weighted by molar-refractivity contribution is 0.320. The Kier molecular flexibility index (Phi) is 3.32. The molecule has 2 nitrogen and oxygen atoms in total. The summed E-state index contributed by atoms with van der Waals surface area (Å²) in [5.41, 5.74) is 1.13. The van der Waals surface area contributed by atoms with Crippen molar-refractivity contribution in [3.8, 4) is 0 Å². The highest BCUT2D eigenvalue weighted by Crippen LogP contribution is 2.25. The molecule has 17 heavy (non-hydrogen) atoms. The molecule has 1 unspecified atom stereocenters. The van der Waals surface area contributed by atoms with E-state index in [4.69, 9.17) is 11.6 Å². The molecule has 1 fully saturated rings. The molecule has 0 aliphatic carbocycles. The molecule has 0 N–H and O–H groups in total. The number of hydrogen-bond donors (Lipinski definition) is 0. The quantitative estimate of drug-likeness (QED) is 0.792. The van der Waals surface area contributed by atoms with Crippen LogP contribution in [0.25, 0.3) is 10.2 Å². The van der Waals surface area contributed by atoms with Gasteiger partial charge in [-0.25, -0.2) is 4.98 Å². The third kappa shape index (κ3) is 2.46. The fraction of sp³-hybridized carbons (Fsp3) is 0.462. The predicted molar refractivity (Wildman–Crippen MR) is 73.7 cm³/mol. The van der Waals surface area contributed by atoms with E-state index in [1.54, 1.807) is 0 Å². The topological polar surface area (TPSA) is 16.1 Å². The Bertz CT molecular complexity index is 478. The molecule has 0 spiro atoms. The molecule has 0 amide bonds. The monoisotopic (exact) mass is 266 g/mol. The van der Waals surface area contributed by atoms with Crippen molar-refractivity contribution in [1.82, 2.24) is 9.88 Å². The number of fused-ring (bicyclic) bond motifs is 1. The van der Waals surface area contributed by atoms with E-state index in [0.29, 0.717) is 5.92 Å². The maximum atomic E-state index is 5.90. The fourth-order valence-electron chi connectivity index (χ4n) is 2.36. The van der Waals surface area contributed by atoms with Crippen molar-refractivity contribution < 1.29 is 0 Å². The average molecular weight is 267 g/mol. The first-order chi connectivity index (χ1) is 8.35. The lowest BCUT2D eigenvalue weighted by atomic mass is 10.2. The summed E-state index contributed by atoms with van der Waals surface area (Å²) in [5.74, 6) is 1.46. The van der Waals surface area contributed by atoms with Crippen LogP contribution in [0.5, 0.6) is 0 Å². The molecule has 1 aromatic heterocycles. The van der Waals surface area contributed by atoms with Crippen LogP contribution in [0.2, 0.25) is 0 Å². The molecule has 0 bridgehead atoms. The van der Waals surface area contributed by atoms with Gasteiger partial charge in [-0.05, 0) is 31.0 Å². The van der Waals surface area contributed by atoms with Gasteiger partial charge in [0.15, 0.2) is 0 Å². The second-order valence-corrected chi connectivity index (χ2v) is 6.04. The molecule has 0 saturated carbocycles. The fourth-order valence-corrected chi connectivity index (χ4v) is 3.62. The van der Waals surface area contributed by atoms with E-state index in [-0.39, 0.29) is 0 Å². The molecular formula is C13H15ClN2S. The predicted octanol–water partition coefficient (Wildman–Crippen LogP) is 3.36. The third-order valence-electron chi connectivity index (χ3n) is 3.29. The van der Waals surface area contributed by atoms with Crippen LogP contribution in [0.1, 0.15) is 11.4 Å². The molecule has 1 aliphatic rings. The number of para-hydroxylation sites is 1. The number of benzene rings is 1. The Hall–Kier alpha value is -0.640. The van der Waals surface area contributed by atoms with Gasteiger partial charge in [-0.1, -0.05) is 12.1 Å². The smallest absolute Gasteiger partial charge is 0.108 e. The van der Waals surface area contributed by atoms with Gasteiger partial charge in [0.2, 0.25) is 0 Å². The Morgan fingerprint density at radius 2 is 2.29 bits per heavy atom. The van der Waals surface area contributed by atoms with Crippen molar-refractivity contribution in [3.05, 3.63) is 29.3 Å². The summed E-state index contributed by atoms with van der Waals surface area (Å²) in [6.45, 7) is 3.26. The number of hydrogen-bond acceptors (Lipinski definition) is 3. The van der Waals surface area contributed by atoms with E-state index in [1.165, 1.54) is 16.1 Å². The van der Waals surface area contributed by atoms with Crippen LogP contribution in [0.4, 0.5) is 0 Å². The molecule has 2 heterocycles. The van der Waals surface area contributed by atoms with E-state index in [2.05, 4.69) is 28.1 Å². The molecule has 4 heteroatoms. The molecule has 2 aromatic rings. The van der Waals surface area contributed by atoms with Crippen LogP contribution >= 0.6 is 22.9 Å². The van der Waals surface area contributed by atoms with Crippen LogP contribution in [-0.4, -0.2) is 28.9 Å². The third-order valence-corrected chi connectivity index (χ3v) is 4.74. The maximum absolute atomic E-state index is 5.90. The van der Waals surface area contributed by atoms with Gasteiger partial charge < -0.3 is 0 Å². The highest BCUT2D eigenvalue weighted by molar-refractivity contribution is 7.18. The van der Waals surface area contributed by atoms with E-state index in [1.807, 2.05) is 17.4 Å². The van der Waals surface area contributed by atoms with Crippen LogP contribution in [0.3, 0.4) is 0 Å². The van der Waals surface area contributed by atoms with Crippen molar-refractivity contribution in [2.45, 2.75) is 13.0 Å². The van der Waals surface area contributed by atoms with Gasteiger partial charge in [-0.2, -0.15) is 0 Å². The lowest BCUT2D eigenvalue weighted by Crippen LogP contribution is -2.20. The SMILES string of the molecule is ClCC1CCN(Cc2nc3ccccc3s2)C1. The lowest BCUT2D eigenvalue weighted by Gasteiger charge is -2.12. The Morgan fingerprint density at radius 1 is 1.41 bits per heavy atom. The highest BCUT2D eigenvalue weighted by atomic mass is 35.5. The minimum absolute atomic E-state index is 0.672. The van der Waals surface area contributed by atoms with Crippen LogP contribution in [-0.2, 0) is 6.54 Å². The number of halogens is 1. The van der Waals surface area contributed by atoms with E-state index >= 15 is 0 Å². The van der Waals surface area contributed by atoms with Gasteiger partial charge in [0, 0.05) is 12.4 Å². The van der Waals surface area contributed by atoms with Gasteiger partial charge in [0.05, 0.1) is 16.8 Å². The first-order valence-corrected chi connectivity index (χ1v) is 7.33. The summed E-state index contributed by atoms with van der Waals surface area (Å²) in [4.78, 5) is 7.13. The molecule has 1 atom stereocenters. The summed E-state index contributed by atoms with van der Waals surface area (Å²) in [6.07, 6.45) is 1.23. The number of alkyl halides is 1. The zero-order valence-corrected chi connectivity index (χ0v) is 11.2. The number of nitrogens with zero attached hydrogens (tertiary/aromatic N) is 2. The Morgan fingerprint density at radius 3 is 3.06 bits per heavy atom. The zero-order valence-electron chi connectivity index (χ0n) is 9.60. The van der Waals surface area contributed by atoms with Crippen molar-refractivity contribution in [2.24, 2.45) is 5.92 Å². The van der Waals surface area contributed by atoms with Crippen molar-refractivity contribution in [1.29, 1.82) is 0 Å². The molecule has 3 rings (SSSR count). The summed E-state index contributed by atoms with van der Waals surface area (Å²) < 4.78 is 1.29. The normalized spacial score (nSPS) is 21.4. The zero-order chi connectivity index (χ0) is 11.7.